The molecule has 2 fully saturated rings. The summed E-state index contributed by atoms with van der Waals surface area (Å²) >= 11 is 1.83. The summed E-state index contributed by atoms with van der Waals surface area (Å²) < 4.78 is 26.7. The third kappa shape index (κ3) is 3.91. The van der Waals surface area contributed by atoms with E-state index in [2.05, 4.69) is 10.0 Å². The fraction of sp³-hybridized carbons (Fsp3) is 1.00. The van der Waals surface area contributed by atoms with Crippen molar-refractivity contribution in [3.63, 3.8) is 0 Å². The lowest BCUT2D eigenvalue weighted by Crippen LogP contribution is -2.40. The van der Waals surface area contributed by atoms with E-state index in [-0.39, 0.29) is 6.04 Å². The van der Waals surface area contributed by atoms with Crippen LogP contribution in [-0.4, -0.2) is 44.8 Å². The third-order valence-corrected chi connectivity index (χ3v) is 5.95. The first-order chi connectivity index (χ1) is 7.66. The highest BCUT2D eigenvalue weighted by Gasteiger charge is 2.25. The Labute approximate surface area is 102 Å². The van der Waals surface area contributed by atoms with Gasteiger partial charge < -0.3 is 5.32 Å². The van der Waals surface area contributed by atoms with E-state index in [4.69, 9.17) is 0 Å². The molecular formula is C10H20N2O2S2. The second kappa shape index (κ2) is 5.71. The first kappa shape index (κ1) is 12.7. The molecule has 4 nitrogen and oxygen atoms in total. The maximum atomic E-state index is 11.9. The Balaban J connectivity index is 1.81. The molecule has 1 atom stereocenters. The highest BCUT2D eigenvalue weighted by atomic mass is 32.2. The Bertz CT molecular complexity index is 307. The fourth-order valence-corrected chi connectivity index (χ4v) is 5.31. The normalized spacial score (nSPS) is 28.4. The van der Waals surface area contributed by atoms with Gasteiger partial charge in [0.05, 0.1) is 5.75 Å². The smallest absolute Gasteiger partial charge is 0.212 e. The molecule has 2 aliphatic rings. The molecular weight excluding hydrogens is 244 g/mol. The molecule has 1 unspecified atom stereocenters. The maximum Gasteiger partial charge on any atom is 0.212 e. The van der Waals surface area contributed by atoms with Crippen LogP contribution < -0.4 is 10.0 Å². The topological polar surface area (TPSA) is 58.2 Å². The molecule has 0 bridgehead atoms. The number of hydrogen-bond acceptors (Lipinski definition) is 4. The predicted octanol–water partition coefficient (Wildman–Crippen LogP) is 0.411. The van der Waals surface area contributed by atoms with Crippen LogP contribution in [0.2, 0.25) is 0 Å². The van der Waals surface area contributed by atoms with Gasteiger partial charge in [0, 0.05) is 11.8 Å². The molecule has 0 amide bonds. The van der Waals surface area contributed by atoms with Crippen LogP contribution in [0.5, 0.6) is 0 Å². The summed E-state index contributed by atoms with van der Waals surface area (Å²) in [6.45, 7) is 1.92. The Kier molecular flexibility index (Phi) is 4.52. The Morgan fingerprint density at radius 3 is 2.62 bits per heavy atom. The van der Waals surface area contributed by atoms with E-state index in [0.29, 0.717) is 11.7 Å². The van der Waals surface area contributed by atoms with E-state index in [1.54, 1.807) is 0 Å². The molecule has 0 aliphatic carbocycles. The lowest BCUT2D eigenvalue weighted by atomic mass is 10.0. The van der Waals surface area contributed by atoms with Crippen molar-refractivity contribution in [1.29, 1.82) is 0 Å². The zero-order chi connectivity index (χ0) is 11.4. The summed E-state index contributed by atoms with van der Waals surface area (Å²) in [5, 5.41) is 3.26. The molecule has 0 spiro atoms. The van der Waals surface area contributed by atoms with Gasteiger partial charge in [0.15, 0.2) is 0 Å². The minimum atomic E-state index is -3.06. The van der Waals surface area contributed by atoms with Gasteiger partial charge >= 0.3 is 0 Å². The number of piperidine rings is 1. The lowest BCUT2D eigenvalue weighted by molar-refractivity contribution is 0.399. The number of sulfonamides is 1. The van der Waals surface area contributed by atoms with Crippen LogP contribution in [0.1, 0.15) is 19.3 Å². The molecule has 0 aromatic carbocycles. The van der Waals surface area contributed by atoms with Gasteiger partial charge in [-0.05, 0) is 44.0 Å². The van der Waals surface area contributed by atoms with Crippen molar-refractivity contribution in [3.8, 4) is 0 Å². The molecule has 0 aromatic rings. The van der Waals surface area contributed by atoms with Gasteiger partial charge in [0.2, 0.25) is 10.0 Å². The molecule has 0 radical (unpaired) electrons. The predicted molar refractivity (Wildman–Crippen MR) is 68.2 cm³/mol. The van der Waals surface area contributed by atoms with Crippen molar-refractivity contribution < 1.29 is 8.42 Å². The van der Waals surface area contributed by atoms with Crippen molar-refractivity contribution in [2.24, 2.45) is 5.92 Å². The molecule has 0 aromatic heterocycles. The average Bonchev–Trinajstić information content (AvgIpc) is 2.70. The largest absolute Gasteiger partial charge is 0.317 e. The van der Waals surface area contributed by atoms with Crippen LogP contribution >= 0.6 is 11.8 Å². The van der Waals surface area contributed by atoms with E-state index in [9.17, 15) is 8.42 Å². The van der Waals surface area contributed by atoms with Crippen LogP contribution in [0, 0.1) is 5.92 Å². The lowest BCUT2D eigenvalue weighted by Gasteiger charge is -2.23. The van der Waals surface area contributed by atoms with Gasteiger partial charge in [0.25, 0.3) is 0 Å². The number of nitrogens with one attached hydrogen (secondary N) is 2. The number of thioether (sulfide) groups is 1. The summed E-state index contributed by atoms with van der Waals surface area (Å²) in [6, 6.07) is 0.178. The SMILES string of the molecule is O=S(=O)(CC1CCNCC1)NC1CCSC1. The summed E-state index contributed by atoms with van der Waals surface area (Å²) in [7, 11) is -3.06. The van der Waals surface area contributed by atoms with Crippen molar-refractivity contribution in [2.45, 2.75) is 25.3 Å². The zero-order valence-electron chi connectivity index (χ0n) is 9.44. The van der Waals surface area contributed by atoms with Crippen LogP contribution in [0.3, 0.4) is 0 Å². The van der Waals surface area contributed by atoms with E-state index in [1.807, 2.05) is 11.8 Å². The Morgan fingerprint density at radius 1 is 1.25 bits per heavy atom. The molecule has 2 aliphatic heterocycles. The quantitative estimate of drug-likeness (QED) is 0.772. The fourth-order valence-electron chi connectivity index (χ4n) is 2.29. The molecule has 2 heterocycles. The van der Waals surface area contributed by atoms with Crippen LogP contribution in [0.15, 0.2) is 0 Å². The van der Waals surface area contributed by atoms with Crippen molar-refractivity contribution in [2.75, 3.05) is 30.3 Å². The summed E-state index contributed by atoms with van der Waals surface area (Å²) in [5.41, 5.74) is 0. The van der Waals surface area contributed by atoms with Crippen molar-refractivity contribution >= 4 is 21.8 Å². The second-order valence-corrected chi connectivity index (χ2v) is 7.60. The minimum Gasteiger partial charge on any atom is -0.317 e. The standard InChI is InChI=1S/C10H20N2O2S2/c13-16(14,12-10-3-6-15-7-10)8-9-1-4-11-5-2-9/h9-12H,1-8H2. The first-order valence-corrected chi connectivity index (χ1v) is 8.75. The summed E-state index contributed by atoms with van der Waals surface area (Å²) in [6.07, 6.45) is 2.96. The van der Waals surface area contributed by atoms with Crippen LogP contribution in [-0.2, 0) is 10.0 Å². The molecule has 2 N–H and O–H groups in total. The molecule has 0 saturated carbocycles. The van der Waals surface area contributed by atoms with Gasteiger partial charge in [-0.2, -0.15) is 11.8 Å². The van der Waals surface area contributed by atoms with Gasteiger partial charge in [-0.25, -0.2) is 13.1 Å². The Hall–Kier alpha value is 0.220. The number of rotatable bonds is 4. The highest BCUT2D eigenvalue weighted by molar-refractivity contribution is 7.99. The van der Waals surface area contributed by atoms with E-state index in [1.165, 1.54) is 0 Å². The van der Waals surface area contributed by atoms with Gasteiger partial charge in [-0.3, -0.25) is 0 Å². The molecule has 16 heavy (non-hydrogen) atoms. The summed E-state index contributed by atoms with van der Waals surface area (Å²) in [5.74, 6) is 2.68. The molecule has 6 heteroatoms. The average molecular weight is 264 g/mol. The molecule has 94 valence electrons. The minimum absolute atomic E-state index is 0.178. The second-order valence-electron chi connectivity index (χ2n) is 4.65. The third-order valence-electron chi connectivity index (χ3n) is 3.19. The van der Waals surface area contributed by atoms with E-state index < -0.39 is 10.0 Å². The van der Waals surface area contributed by atoms with E-state index >= 15 is 0 Å². The monoisotopic (exact) mass is 264 g/mol. The van der Waals surface area contributed by atoms with Crippen LogP contribution in [0.25, 0.3) is 0 Å². The molecule has 2 saturated heterocycles. The van der Waals surface area contributed by atoms with Gasteiger partial charge in [-0.1, -0.05) is 0 Å². The van der Waals surface area contributed by atoms with Crippen molar-refractivity contribution in [3.05, 3.63) is 0 Å². The summed E-state index contributed by atoms with van der Waals surface area (Å²) in [4.78, 5) is 0. The van der Waals surface area contributed by atoms with Gasteiger partial charge in [0.1, 0.15) is 0 Å². The Morgan fingerprint density at radius 2 is 2.00 bits per heavy atom. The van der Waals surface area contributed by atoms with Crippen molar-refractivity contribution in [1.82, 2.24) is 10.0 Å². The highest BCUT2D eigenvalue weighted by Crippen LogP contribution is 2.19. The first-order valence-electron chi connectivity index (χ1n) is 5.94. The maximum absolute atomic E-state index is 11.9. The van der Waals surface area contributed by atoms with Gasteiger partial charge in [-0.15, -0.1) is 0 Å². The zero-order valence-corrected chi connectivity index (χ0v) is 11.1. The number of hydrogen-bond donors (Lipinski definition) is 2. The molecule has 2 rings (SSSR count). The van der Waals surface area contributed by atoms with E-state index in [0.717, 1.165) is 43.9 Å². The van der Waals surface area contributed by atoms with Crippen LogP contribution in [0.4, 0.5) is 0 Å².